The monoisotopic (exact) mass is 382 g/mol. The number of unbranched alkanes of at least 4 members (excludes halogenated alkanes) is 3. The lowest BCUT2D eigenvalue weighted by Crippen LogP contribution is -2.35. The average molecular weight is 383 g/mol. The summed E-state index contributed by atoms with van der Waals surface area (Å²) in [6.45, 7) is 4.34. The normalized spacial score (nSPS) is 14.7. The van der Waals surface area contributed by atoms with Crippen LogP contribution in [0.15, 0.2) is 11.6 Å². The number of rotatable bonds is 7. The summed E-state index contributed by atoms with van der Waals surface area (Å²) in [6, 6.07) is 0. The van der Waals surface area contributed by atoms with Crippen LogP contribution in [0.1, 0.15) is 38.5 Å². The molecule has 0 unspecified atom stereocenters. The van der Waals surface area contributed by atoms with Gasteiger partial charge in [-0.25, -0.2) is 4.98 Å². The van der Waals surface area contributed by atoms with Gasteiger partial charge in [0.05, 0.1) is 0 Å². The molecule has 1 saturated heterocycles. The summed E-state index contributed by atoms with van der Waals surface area (Å²) >= 11 is 1.67. The molecule has 1 aromatic heterocycles. The molecule has 1 aliphatic heterocycles. The molecule has 1 amide bonds. The van der Waals surface area contributed by atoms with Gasteiger partial charge >= 0.3 is 0 Å². The lowest BCUT2D eigenvalue weighted by atomic mass is 10.1. The molecule has 2 heterocycles. The molecule has 0 aliphatic carbocycles. The predicted octanol–water partition coefficient (Wildman–Crippen LogP) is 2.93. The molecule has 0 radical (unpaired) electrons. The summed E-state index contributed by atoms with van der Waals surface area (Å²) in [5, 5.41) is 3.08. The number of carbonyl (C=O) groups is 1. The number of anilines is 1. The van der Waals surface area contributed by atoms with Crippen LogP contribution in [0.3, 0.4) is 0 Å². The number of hydrogen-bond donors (Lipinski definition) is 1. The molecule has 5 nitrogen and oxygen atoms in total. The summed E-state index contributed by atoms with van der Waals surface area (Å²) in [7, 11) is 0. The van der Waals surface area contributed by atoms with Crippen LogP contribution in [-0.4, -0.2) is 48.5 Å². The van der Waals surface area contributed by atoms with Gasteiger partial charge in [0.15, 0.2) is 5.13 Å². The van der Waals surface area contributed by atoms with E-state index < -0.39 is 0 Å². The Bertz CT molecular complexity index is 420. The zero-order chi connectivity index (χ0) is 14.9. The number of hydrogen-bond acceptors (Lipinski definition) is 5. The first kappa shape index (κ1) is 22.4. The molecule has 0 saturated carbocycles. The van der Waals surface area contributed by atoms with Crippen molar-refractivity contribution in [1.29, 1.82) is 0 Å². The first-order valence-electron chi connectivity index (χ1n) is 7.93. The molecule has 2 N–H and O–H groups in total. The fourth-order valence-corrected chi connectivity index (χ4v) is 3.36. The Morgan fingerprint density at radius 2 is 1.91 bits per heavy atom. The van der Waals surface area contributed by atoms with Gasteiger partial charge in [-0.05, 0) is 25.8 Å². The van der Waals surface area contributed by atoms with Crippen molar-refractivity contribution in [2.75, 3.05) is 37.6 Å². The minimum atomic E-state index is 0. The van der Waals surface area contributed by atoms with Crippen LogP contribution in [0.25, 0.3) is 0 Å². The Labute approximate surface area is 155 Å². The van der Waals surface area contributed by atoms with E-state index in [9.17, 15) is 4.79 Å². The van der Waals surface area contributed by atoms with Crippen molar-refractivity contribution in [3.05, 3.63) is 11.6 Å². The van der Waals surface area contributed by atoms with E-state index >= 15 is 0 Å². The summed E-state index contributed by atoms with van der Waals surface area (Å²) in [4.78, 5) is 20.9. The maximum Gasteiger partial charge on any atom is 0.222 e. The summed E-state index contributed by atoms with van der Waals surface area (Å²) < 4.78 is 0. The fourth-order valence-electron chi connectivity index (χ4n) is 2.66. The summed E-state index contributed by atoms with van der Waals surface area (Å²) in [6.07, 6.45) is 7.87. The van der Waals surface area contributed by atoms with Crippen molar-refractivity contribution in [3.8, 4) is 0 Å². The molecule has 0 aromatic carbocycles. The van der Waals surface area contributed by atoms with Crippen molar-refractivity contribution in [2.45, 2.75) is 38.5 Å². The maximum atomic E-state index is 12.2. The summed E-state index contributed by atoms with van der Waals surface area (Å²) in [5.41, 5.74) is 5.47. The van der Waals surface area contributed by atoms with Gasteiger partial charge in [-0.2, -0.15) is 0 Å². The number of nitrogens with zero attached hydrogens (tertiary/aromatic N) is 3. The molecular weight excluding hydrogens is 355 g/mol. The molecule has 23 heavy (non-hydrogen) atoms. The van der Waals surface area contributed by atoms with Gasteiger partial charge < -0.3 is 15.5 Å². The van der Waals surface area contributed by atoms with E-state index in [1.54, 1.807) is 11.3 Å². The molecular formula is C15H28Cl2N4OS. The Hall–Kier alpha value is -0.560. The minimum Gasteiger partial charge on any atom is -0.346 e. The van der Waals surface area contributed by atoms with Crippen molar-refractivity contribution in [1.82, 2.24) is 9.88 Å². The molecule has 0 atom stereocenters. The maximum absolute atomic E-state index is 12.2. The van der Waals surface area contributed by atoms with Crippen molar-refractivity contribution < 1.29 is 4.79 Å². The second-order valence-electron chi connectivity index (χ2n) is 5.49. The van der Waals surface area contributed by atoms with E-state index in [4.69, 9.17) is 5.73 Å². The van der Waals surface area contributed by atoms with Gasteiger partial charge in [0.2, 0.25) is 5.91 Å². The van der Waals surface area contributed by atoms with Gasteiger partial charge in [-0.15, -0.1) is 36.2 Å². The highest BCUT2D eigenvalue weighted by molar-refractivity contribution is 7.13. The highest BCUT2D eigenvalue weighted by Crippen LogP contribution is 2.19. The van der Waals surface area contributed by atoms with E-state index in [2.05, 4.69) is 9.88 Å². The van der Waals surface area contributed by atoms with Gasteiger partial charge in [-0.1, -0.05) is 12.8 Å². The molecule has 0 bridgehead atoms. The van der Waals surface area contributed by atoms with E-state index in [0.29, 0.717) is 12.3 Å². The number of amides is 1. The zero-order valence-electron chi connectivity index (χ0n) is 13.5. The van der Waals surface area contributed by atoms with Crippen LogP contribution in [0.2, 0.25) is 0 Å². The zero-order valence-corrected chi connectivity index (χ0v) is 15.9. The largest absolute Gasteiger partial charge is 0.346 e. The number of halogens is 2. The van der Waals surface area contributed by atoms with Crippen LogP contribution < -0.4 is 10.6 Å². The topological polar surface area (TPSA) is 62.5 Å². The first-order chi connectivity index (χ1) is 10.3. The number of nitrogens with two attached hydrogens (primary N) is 1. The SMILES string of the molecule is Cl.Cl.NCCCCCCC(=O)N1CCCN(c2nccs2)CC1. The fraction of sp³-hybridized carbons (Fsp3) is 0.733. The van der Waals surface area contributed by atoms with Crippen LogP contribution >= 0.6 is 36.2 Å². The van der Waals surface area contributed by atoms with Crippen molar-refractivity contribution in [2.24, 2.45) is 5.73 Å². The molecule has 8 heteroatoms. The highest BCUT2D eigenvalue weighted by Gasteiger charge is 2.19. The number of thiazole rings is 1. The first-order valence-corrected chi connectivity index (χ1v) is 8.81. The Morgan fingerprint density at radius 1 is 1.13 bits per heavy atom. The quantitative estimate of drug-likeness (QED) is 0.736. The summed E-state index contributed by atoms with van der Waals surface area (Å²) in [5.74, 6) is 0.309. The minimum absolute atomic E-state index is 0. The van der Waals surface area contributed by atoms with Crippen molar-refractivity contribution in [3.63, 3.8) is 0 Å². The van der Waals surface area contributed by atoms with Crippen LogP contribution in [0.4, 0.5) is 5.13 Å². The third-order valence-corrected chi connectivity index (χ3v) is 4.72. The van der Waals surface area contributed by atoms with Crippen LogP contribution in [0.5, 0.6) is 0 Å². The predicted molar refractivity (Wildman–Crippen MR) is 102 cm³/mol. The average Bonchev–Trinajstić information content (AvgIpc) is 2.91. The van der Waals surface area contributed by atoms with Gasteiger partial charge in [0.25, 0.3) is 0 Å². The van der Waals surface area contributed by atoms with Gasteiger partial charge in [-0.3, -0.25) is 4.79 Å². The smallest absolute Gasteiger partial charge is 0.222 e. The molecule has 1 aromatic rings. The van der Waals surface area contributed by atoms with Gasteiger partial charge in [0.1, 0.15) is 0 Å². The third-order valence-electron chi connectivity index (χ3n) is 3.88. The third kappa shape index (κ3) is 7.70. The van der Waals surface area contributed by atoms with Crippen LogP contribution in [-0.2, 0) is 4.79 Å². The lowest BCUT2D eigenvalue weighted by molar-refractivity contribution is -0.131. The van der Waals surface area contributed by atoms with E-state index in [-0.39, 0.29) is 24.8 Å². The molecule has 1 fully saturated rings. The molecule has 1 aliphatic rings. The van der Waals surface area contributed by atoms with E-state index in [0.717, 1.165) is 70.0 Å². The Kier molecular flexibility index (Phi) is 12.5. The second-order valence-corrected chi connectivity index (χ2v) is 6.36. The standard InChI is InChI=1S/C15H26N4OS.2ClH/c16-7-4-2-1-3-6-14(20)18-9-5-10-19(12-11-18)15-17-8-13-21-15;;/h8,13H,1-7,9-12,16H2;2*1H. The lowest BCUT2D eigenvalue weighted by Gasteiger charge is -2.21. The van der Waals surface area contributed by atoms with Crippen LogP contribution in [0, 0.1) is 0 Å². The van der Waals surface area contributed by atoms with E-state index in [1.807, 2.05) is 16.5 Å². The molecule has 2 rings (SSSR count). The molecule has 0 spiro atoms. The van der Waals surface area contributed by atoms with E-state index in [1.165, 1.54) is 0 Å². The van der Waals surface area contributed by atoms with Gasteiger partial charge in [0, 0.05) is 44.2 Å². The van der Waals surface area contributed by atoms with Crippen molar-refractivity contribution >= 4 is 47.2 Å². The second kappa shape index (κ2) is 12.8. The Balaban J connectivity index is 0.00000242. The highest BCUT2D eigenvalue weighted by atomic mass is 35.5. The number of aromatic nitrogens is 1. The number of carbonyl (C=O) groups excluding carboxylic acids is 1. The Morgan fingerprint density at radius 3 is 2.61 bits per heavy atom. The molecule has 134 valence electrons.